The van der Waals surface area contributed by atoms with E-state index in [1.165, 1.54) is 20.0 Å². The summed E-state index contributed by atoms with van der Waals surface area (Å²) in [7, 11) is 0. The second-order valence-electron chi connectivity index (χ2n) is 3.96. The number of carboxylic acids is 1. The van der Waals surface area contributed by atoms with Crippen LogP contribution in [-0.2, 0) is 9.59 Å². The number of amides is 1. The topological polar surface area (TPSA) is 88.5 Å². The molecule has 6 heteroatoms. The highest BCUT2D eigenvalue weighted by Crippen LogP contribution is 2.06. The van der Waals surface area contributed by atoms with Gasteiger partial charge >= 0.3 is 5.97 Å². The molecule has 0 aliphatic rings. The minimum atomic E-state index is -1.31. The van der Waals surface area contributed by atoms with E-state index in [1.54, 1.807) is 18.3 Å². The predicted octanol–water partition coefficient (Wildman–Crippen LogP) is 0.440. The summed E-state index contributed by atoms with van der Waals surface area (Å²) in [5.41, 5.74) is -1.31. The van der Waals surface area contributed by atoms with E-state index in [0.29, 0.717) is 5.75 Å². The molecule has 0 aliphatic carbocycles. The lowest BCUT2D eigenvalue weighted by Crippen LogP contribution is -2.51. The lowest BCUT2D eigenvalue weighted by Gasteiger charge is -2.20. The first kappa shape index (κ1) is 13.0. The van der Waals surface area contributed by atoms with Gasteiger partial charge in [-0.15, -0.1) is 0 Å². The Bertz CT molecular complexity index is 403. The number of ether oxygens (including phenoxy) is 1. The Labute approximate surface area is 98.6 Å². The average Bonchev–Trinajstić information content (AvgIpc) is 2.27. The van der Waals surface area contributed by atoms with Crippen LogP contribution in [0.4, 0.5) is 0 Å². The van der Waals surface area contributed by atoms with Gasteiger partial charge in [0.1, 0.15) is 11.3 Å². The van der Waals surface area contributed by atoms with Gasteiger partial charge in [0.25, 0.3) is 5.91 Å². The highest BCUT2D eigenvalue weighted by atomic mass is 16.5. The van der Waals surface area contributed by atoms with Crippen LogP contribution in [0.3, 0.4) is 0 Å². The average molecular weight is 238 g/mol. The molecule has 1 rings (SSSR count). The first-order valence-corrected chi connectivity index (χ1v) is 4.99. The van der Waals surface area contributed by atoms with E-state index in [2.05, 4.69) is 10.3 Å². The maximum absolute atomic E-state index is 11.4. The van der Waals surface area contributed by atoms with Crippen LogP contribution in [0.2, 0.25) is 0 Å². The molecule has 0 aliphatic heterocycles. The van der Waals surface area contributed by atoms with Crippen molar-refractivity contribution in [3.8, 4) is 5.75 Å². The first-order chi connectivity index (χ1) is 7.92. The van der Waals surface area contributed by atoms with Crippen molar-refractivity contribution < 1.29 is 19.4 Å². The van der Waals surface area contributed by atoms with Gasteiger partial charge in [-0.2, -0.15) is 0 Å². The number of rotatable bonds is 5. The van der Waals surface area contributed by atoms with Crippen molar-refractivity contribution in [3.63, 3.8) is 0 Å². The Morgan fingerprint density at radius 3 is 2.76 bits per heavy atom. The van der Waals surface area contributed by atoms with Crippen LogP contribution in [-0.4, -0.2) is 34.1 Å². The Morgan fingerprint density at radius 2 is 2.24 bits per heavy atom. The number of carboxylic acid groups (broad SMARTS) is 1. The molecule has 1 heterocycles. The van der Waals surface area contributed by atoms with Crippen molar-refractivity contribution in [1.29, 1.82) is 0 Å². The highest BCUT2D eigenvalue weighted by Gasteiger charge is 2.28. The van der Waals surface area contributed by atoms with Crippen molar-refractivity contribution >= 4 is 11.9 Å². The monoisotopic (exact) mass is 238 g/mol. The standard InChI is InChI=1S/C11H14N2O4/c1-11(2,10(15)16)13-9(14)7-17-8-4-3-5-12-6-8/h3-6H,7H2,1-2H3,(H,13,14)(H,15,16). The van der Waals surface area contributed by atoms with Crippen LogP contribution in [0.15, 0.2) is 24.5 Å². The molecule has 0 unspecified atom stereocenters. The first-order valence-electron chi connectivity index (χ1n) is 4.99. The fraction of sp³-hybridized carbons (Fsp3) is 0.364. The van der Waals surface area contributed by atoms with Crippen LogP contribution in [0.1, 0.15) is 13.8 Å². The summed E-state index contributed by atoms with van der Waals surface area (Å²) in [6.07, 6.45) is 3.05. The van der Waals surface area contributed by atoms with Gasteiger partial charge in [-0.05, 0) is 26.0 Å². The number of hydrogen-bond donors (Lipinski definition) is 2. The van der Waals surface area contributed by atoms with Crippen molar-refractivity contribution in [2.75, 3.05) is 6.61 Å². The van der Waals surface area contributed by atoms with Gasteiger partial charge in [0.05, 0.1) is 6.20 Å². The number of pyridine rings is 1. The molecular formula is C11H14N2O4. The van der Waals surface area contributed by atoms with Crippen LogP contribution in [0, 0.1) is 0 Å². The molecule has 1 aromatic rings. The van der Waals surface area contributed by atoms with E-state index < -0.39 is 17.4 Å². The summed E-state index contributed by atoms with van der Waals surface area (Å²) in [5.74, 6) is -1.15. The number of nitrogens with one attached hydrogen (secondary N) is 1. The Balaban J connectivity index is 2.44. The number of carbonyl (C=O) groups excluding carboxylic acids is 1. The molecule has 6 nitrogen and oxygen atoms in total. The number of carbonyl (C=O) groups is 2. The van der Waals surface area contributed by atoms with Crippen LogP contribution >= 0.6 is 0 Å². The van der Waals surface area contributed by atoms with Crippen molar-refractivity contribution in [2.45, 2.75) is 19.4 Å². The molecule has 0 saturated heterocycles. The van der Waals surface area contributed by atoms with Gasteiger partial charge < -0.3 is 15.2 Å². The summed E-state index contributed by atoms with van der Waals surface area (Å²) in [6.45, 7) is 2.55. The summed E-state index contributed by atoms with van der Waals surface area (Å²) in [5, 5.41) is 11.2. The maximum Gasteiger partial charge on any atom is 0.328 e. The molecule has 92 valence electrons. The normalized spacial score (nSPS) is 10.7. The Hall–Kier alpha value is -2.11. The second-order valence-corrected chi connectivity index (χ2v) is 3.96. The zero-order chi connectivity index (χ0) is 12.9. The molecule has 17 heavy (non-hydrogen) atoms. The maximum atomic E-state index is 11.4. The smallest absolute Gasteiger partial charge is 0.328 e. The van der Waals surface area contributed by atoms with Crippen LogP contribution in [0.5, 0.6) is 5.75 Å². The zero-order valence-electron chi connectivity index (χ0n) is 9.64. The van der Waals surface area contributed by atoms with Crippen LogP contribution < -0.4 is 10.1 Å². The molecule has 1 amide bonds. The van der Waals surface area contributed by atoms with Crippen molar-refractivity contribution in [2.24, 2.45) is 0 Å². The SMILES string of the molecule is CC(C)(NC(=O)COc1cccnc1)C(=O)O. The number of hydrogen-bond acceptors (Lipinski definition) is 4. The van der Waals surface area contributed by atoms with E-state index in [0.717, 1.165) is 0 Å². The largest absolute Gasteiger partial charge is 0.482 e. The lowest BCUT2D eigenvalue weighted by atomic mass is 10.1. The lowest BCUT2D eigenvalue weighted by molar-refractivity contribution is -0.146. The zero-order valence-corrected chi connectivity index (χ0v) is 9.64. The minimum Gasteiger partial charge on any atom is -0.482 e. The molecule has 0 atom stereocenters. The molecule has 0 fully saturated rings. The van der Waals surface area contributed by atoms with E-state index in [1.807, 2.05) is 0 Å². The molecule has 1 aromatic heterocycles. The number of aliphatic carboxylic acids is 1. The van der Waals surface area contributed by atoms with Gasteiger partial charge in [-0.3, -0.25) is 9.78 Å². The highest BCUT2D eigenvalue weighted by molar-refractivity contribution is 5.86. The molecule has 0 radical (unpaired) electrons. The summed E-state index contributed by atoms with van der Waals surface area (Å²) in [6, 6.07) is 3.33. The molecule has 0 saturated carbocycles. The van der Waals surface area contributed by atoms with Gasteiger partial charge in [0.15, 0.2) is 6.61 Å². The van der Waals surface area contributed by atoms with E-state index in [4.69, 9.17) is 9.84 Å². The fourth-order valence-electron chi connectivity index (χ4n) is 1.02. The summed E-state index contributed by atoms with van der Waals surface area (Å²) in [4.78, 5) is 26.0. The van der Waals surface area contributed by atoms with Gasteiger partial charge in [-0.25, -0.2) is 4.79 Å². The van der Waals surface area contributed by atoms with E-state index in [9.17, 15) is 9.59 Å². The summed E-state index contributed by atoms with van der Waals surface area (Å²) >= 11 is 0. The molecule has 0 aromatic carbocycles. The van der Waals surface area contributed by atoms with E-state index in [-0.39, 0.29) is 6.61 Å². The Morgan fingerprint density at radius 1 is 1.53 bits per heavy atom. The van der Waals surface area contributed by atoms with Crippen molar-refractivity contribution in [3.05, 3.63) is 24.5 Å². The number of aromatic nitrogens is 1. The third kappa shape index (κ3) is 4.10. The number of nitrogens with zero attached hydrogens (tertiary/aromatic N) is 1. The van der Waals surface area contributed by atoms with Gasteiger partial charge in [0.2, 0.25) is 0 Å². The molecule has 0 bridgehead atoms. The van der Waals surface area contributed by atoms with Gasteiger partial charge in [-0.1, -0.05) is 0 Å². The predicted molar refractivity (Wildman–Crippen MR) is 59.6 cm³/mol. The van der Waals surface area contributed by atoms with Crippen molar-refractivity contribution in [1.82, 2.24) is 10.3 Å². The van der Waals surface area contributed by atoms with Crippen LogP contribution in [0.25, 0.3) is 0 Å². The minimum absolute atomic E-state index is 0.248. The second kappa shape index (κ2) is 5.29. The summed E-state index contributed by atoms with van der Waals surface area (Å²) < 4.78 is 5.13. The van der Waals surface area contributed by atoms with Gasteiger partial charge in [0, 0.05) is 6.20 Å². The molecule has 0 spiro atoms. The fourth-order valence-corrected chi connectivity index (χ4v) is 1.02. The molecular weight excluding hydrogens is 224 g/mol. The Kier molecular flexibility index (Phi) is 4.03. The molecule has 2 N–H and O–H groups in total. The third-order valence-electron chi connectivity index (χ3n) is 1.99. The van der Waals surface area contributed by atoms with E-state index >= 15 is 0 Å². The quantitative estimate of drug-likeness (QED) is 0.777. The third-order valence-corrected chi connectivity index (χ3v) is 1.99.